The fourth-order valence-electron chi connectivity index (χ4n) is 1.35. The Kier molecular flexibility index (Phi) is 2.06. The van der Waals surface area contributed by atoms with Crippen LogP contribution in [0.4, 0.5) is 0 Å². The lowest BCUT2D eigenvalue weighted by molar-refractivity contribution is 0.614. The topological polar surface area (TPSA) is 49.9 Å². The Bertz CT molecular complexity index is 491. The fourth-order valence-corrected chi connectivity index (χ4v) is 1.85. The van der Waals surface area contributed by atoms with Crippen LogP contribution >= 0.6 is 0 Å². The van der Waals surface area contributed by atoms with E-state index in [1.54, 1.807) is 0 Å². The molecule has 0 fully saturated rings. The minimum Gasteiger partial charge on any atom is -0.361 e. The number of H-pyrrole nitrogens is 1. The van der Waals surface area contributed by atoms with E-state index in [2.05, 4.69) is 4.98 Å². The van der Waals surface area contributed by atoms with Gasteiger partial charge in [-0.1, -0.05) is 6.07 Å². The van der Waals surface area contributed by atoms with E-state index in [0.29, 0.717) is 0 Å². The Hall–Kier alpha value is -1.29. The molecule has 1 aromatic heterocycles. The lowest BCUT2D eigenvalue weighted by Crippen LogP contribution is -1.85. The van der Waals surface area contributed by atoms with Crippen LogP contribution in [0.15, 0.2) is 30.5 Å². The molecule has 0 aliphatic carbocycles. The monoisotopic (exact) mass is 195 g/mol. The van der Waals surface area contributed by atoms with Gasteiger partial charge in [0.05, 0.1) is 5.75 Å². The second-order valence-corrected chi connectivity index (χ2v) is 3.87. The second kappa shape index (κ2) is 3.22. The van der Waals surface area contributed by atoms with Crippen LogP contribution < -0.4 is 0 Å². The van der Waals surface area contributed by atoms with Crippen molar-refractivity contribution in [1.82, 2.24) is 4.98 Å². The maximum atomic E-state index is 10.5. The summed E-state index contributed by atoms with van der Waals surface area (Å²) in [6.07, 6.45) is 1.84. The molecule has 68 valence electrons. The average Bonchev–Trinajstić information content (AvgIpc) is 2.49. The number of fused-ring (bicyclic) bond motifs is 1. The lowest BCUT2D eigenvalue weighted by Gasteiger charge is -1.94. The van der Waals surface area contributed by atoms with Gasteiger partial charge in [0.15, 0.2) is 0 Å². The quantitative estimate of drug-likeness (QED) is 0.709. The number of aromatic nitrogens is 1. The first kappa shape index (κ1) is 8.31. The molecule has 0 aliphatic heterocycles. The van der Waals surface area contributed by atoms with Gasteiger partial charge in [-0.3, -0.25) is 0 Å². The first-order chi connectivity index (χ1) is 6.25. The van der Waals surface area contributed by atoms with Gasteiger partial charge < -0.3 is 4.98 Å². The Balaban J connectivity index is 2.48. The van der Waals surface area contributed by atoms with E-state index in [4.69, 9.17) is 0 Å². The summed E-state index contributed by atoms with van der Waals surface area (Å²) in [5.74, 6) is 0.121. The summed E-state index contributed by atoms with van der Waals surface area (Å²) in [4.78, 5) is 3.05. The summed E-state index contributed by atoms with van der Waals surface area (Å²) in [7, 11) is -2.33. The minimum absolute atomic E-state index is 0.121. The Morgan fingerprint density at radius 3 is 2.85 bits per heavy atom. The Morgan fingerprint density at radius 1 is 1.23 bits per heavy atom. The SMILES string of the molecule is O=[SH](=O)Cc1ccc2[nH]ccc2c1. The zero-order valence-corrected chi connectivity index (χ0v) is 7.75. The van der Waals surface area contributed by atoms with Gasteiger partial charge >= 0.3 is 0 Å². The molecule has 2 aromatic rings. The van der Waals surface area contributed by atoms with E-state index >= 15 is 0 Å². The van der Waals surface area contributed by atoms with Crippen LogP contribution in [0, 0.1) is 0 Å². The van der Waals surface area contributed by atoms with Gasteiger partial charge in [0, 0.05) is 11.7 Å². The highest BCUT2D eigenvalue weighted by Crippen LogP contribution is 2.14. The van der Waals surface area contributed by atoms with Crippen molar-refractivity contribution in [3.63, 3.8) is 0 Å². The molecule has 13 heavy (non-hydrogen) atoms. The van der Waals surface area contributed by atoms with E-state index in [1.165, 1.54) is 0 Å². The number of aromatic amines is 1. The predicted molar refractivity (Wildman–Crippen MR) is 52.3 cm³/mol. The molecule has 2 rings (SSSR count). The first-order valence-corrected chi connectivity index (χ1v) is 5.30. The third kappa shape index (κ3) is 1.72. The van der Waals surface area contributed by atoms with Crippen LogP contribution in [-0.2, 0) is 16.5 Å². The fraction of sp³-hybridized carbons (Fsp3) is 0.111. The third-order valence-electron chi connectivity index (χ3n) is 1.93. The number of hydrogen-bond donors (Lipinski definition) is 2. The standard InChI is InChI=1S/C9H9NO2S/c11-13(12)6-7-1-2-9-8(5-7)3-4-10-9/h1-5,10,13H,6H2. The second-order valence-electron chi connectivity index (χ2n) is 2.89. The molecule has 0 atom stereocenters. The van der Waals surface area contributed by atoms with Gasteiger partial charge in [-0.05, 0) is 29.1 Å². The highest BCUT2D eigenvalue weighted by molar-refractivity contribution is 7.71. The highest BCUT2D eigenvalue weighted by atomic mass is 32.2. The van der Waals surface area contributed by atoms with Crippen molar-refractivity contribution in [2.75, 3.05) is 0 Å². The molecule has 0 radical (unpaired) electrons. The summed E-state index contributed by atoms with van der Waals surface area (Å²) in [6, 6.07) is 7.53. The summed E-state index contributed by atoms with van der Waals surface area (Å²) >= 11 is 0. The zero-order valence-electron chi connectivity index (χ0n) is 6.86. The molecule has 0 bridgehead atoms. The third-order valence-corrected chi connectivity index (χ3v) is 2.55. The van der Waals surface area contributed by atoms with Gasteiger partial charge in [0.25, 0.3) is 0 Å². The molecule has 1 heterocycles. The van der Waals surface area contributed by atoms with Crippen molar-refractivity contribution < 1.29 is 8.42 Å². The first-order valence-electron chi connectivity index (χ1n) is 3.93. The van der Waals surface area contributed by atoms with Crippen molar-refractivity contribution >= 4 is 21.6 Å². The maximum absolute atomic E-state index is 10.5. The van der Waals surface area contributed by atoms with E-state index in [1.807, 2.05) is 30.5 Å². The van der Waals surface area contributed by atoms with Crippen molar-refractivity contribution in [2.24, 2.45) is 0 Å². The highest BCUT2D eigenvalue weighted by Gasteiger charge is 1.97. The molecule has 0 spiro atoms. The molecular weight excluding hydrogens is 186 g/mol. The zero-order chi connectivity index (χ0) is 9.26. The number of thiol groups is 1. The van der Waals surface area contributed by atoms with Crippen molar-refractivity contribution in [3.8, 4) is 0 Å². The number of nitrogens with one attached hydrogen (secondary N) is 1. The van der Waals surface area contributed by atoms with Gasteiger partial charge in [0.2, 0.25) is 0 Å². The largest absolute Gasteiger partial charge is 0.361 e. The van der Waals surface area contributed by atoms with Crippen molar-refractivity contribution in [3.05, 3.63) is 36.0 Å². The summed E-state index contributed by atoms with van der Waals surface area (Å²) in [5, 5.41) is 1.05. The molecular formula is C9H9NO2S. The molecule has 0 amide bonds. The molecule has 0 unspecified atom stereocenters. The molecule has 0 saturated carbocycles. The number of benzene rings is 1. The van der Waals surface area contributed by atoms with E-state index in [9.17, 15) is 8.42 Å². The Labute approximate surface area is 77.3 Å². The normalized spacial score (nSPS) is 11.2. The van der Waals surface area contributed by atoms with E-state index in [0.717, 1.165) is 16.5 Å². The lowest BCUT2D eigenvalue weighted by atomic mass is 10.2. The van der Waals surface area contributed by atoms with Crippen LogP contribution in [0.1, 0.15) is 5.56 Å². The molecule has 4 heteroatoms. The van der Waals surface area contributed by atoms with Crippen LogP contribution in [0.3, 0.4) is 0 Å². The molecule has 3 nitrogen and oxygen atoms in total. The van der Waals surface area contributed by atoms with Gasteiger partial charge in [-0.2, -0.15) is 0 Å². The van der Waals surface area contributed by atoms with Crippen LogP contribution in [0.2, 0.25) is 0 Å². The van der Waals surface area contributed by atoms with E-state index in [-0.39, 0.29) is 5.75 Å². The van der Waals surface area contributed by atoms with Crippen LogP contribution in [0.25, 0.3) is 10.9 Å². The molecule has 1 N–H and O–H groups in total. The van der Waals surface area contributed by atoms with E-state index < -0.39 is 10.7 Å². The van der Waals surface area contributed by atoms with Crippen LogP contribution in [0.5, 0.6) is 0 Å². The number of rotatable bonds is 2. The number of hydrogen-bond acceptors (Lipinski definition) is 2. The smallest absolute Gasteiger partial charge is 0.144 e. The summed E-state index contributed by atoms with van der Waals surface area (Å²) in [6.45, 7) is 0. The van der Waals surface area contributed by atoms with Crippen molar-refractivity contribution in [2.45, 2.75) is 5.75 Å². The van der Waals surface area contributed by atoms with Crippen molar-refractivity contribution in [1.29, 1.82) is 0 Å². The average molecular weight is 195 g/mol. The molecule has 0 saturated heterocycles. The van der Waals surface area contributed by atoms with Gasteiger partial charge in [-0.15, -0.1) is 0 Å². The predicted octanol–water partition coefficient (Wildman–Crippen LogP) is 1.28. The summed E-state index contributed by atoms with van der Waals surface area (Å²) < 4.78 is 20.9. The molecule has 1 aromatic carbocycles. The van der Waals surface area contributed by atoms with Gasteiger partial charge in [-0.25, -0.2) is 8.42 Å². The summed E-state index contributed by atoms with van der Waals surface area (Å²) in [5.41, 5.74) is 1.87. The van der Waals surface area contributed by atoms with Crippen LogP contribution in [-0.4, -0.2) is 13.4 Å². The maximum Gasteiger partial charge on any atom is 0.144 e. The van der Waals surface area contributed by atoms with Gasteiger partial charge in [0.1, 0.15) is 10.7 Å². The molecule has 0 aliphatic rings. The Morgan fingerprint density at radius 2 is 2.08 bits per heavy atom. The minimum atomic E-state index is -2.33.